The van der Waals surface area contributed by atoms with E-state index in [1.165, 1.54) is 5.56 Å². The highest BCUT2D eigenvalue weighted by atomic mass is 16.3. The van der Waals surface area contributed by atoms with Crippen LogP contribution in [0.1, 0.15) is 11.3 Å². The highest BCUT2D eigenvalue weighted by molar-refractivity contribution is 5.93. The van der Waals surface area contributed by atoms with Crippen LogP contribution in [-0.4, -0.2) is 19.6 Å². The molecule has 27 heavy (non-hydrogen) atoms. The molecule has 0 saturated carbocycles. The third-order valence-corrected chi connectivity index (χ3v) is 4.56. The topological polar surface area (TPSA) is 68.2 Å². The van der Waals surface area contributed by atoms with Gasteiger partial charge < -0.3 is 9.73 Å². The molecule has 5 rings (SSSR count). The first-order chi connectivity index (χ1) is 13.3. The number of furan rings is 1. The van der Waals surface area contributed by atoms with Crippen molar-refractivity contribution in [2.75, 3.05) is 5.32 Å². The van der Waals surface area contributed by atoms with E-state index in [1.807, 2.05) is 40.8 Å². The normalized spacial score (nSPS) is 11.3. The Bertz CT molecular complexity index is 1220. The van der Waals surface area contributed by atoms with E-state index in [1.54, 1.807) is 6.26 Å². The summed E-state index contributed by atoms with van der Waals surface area (Å²) in [6.45, 7) is 2.59. The highest BCUT2D eigenvalue weighted by Gasteiger charge is 2.16. The summed E-state index contributed by atoms with van der Waals surface area (Å²) in [6, 6.07) is 20.0. The van der Waals surface area contributed by atoms with Crippen LogP contribution in [0.25, 0.3) is 27.9 Å². The molecule has 3 heterocycles. The van der Waals surface area contributed by atoms with E-state index >= 15 is 0 Å². The standard InChI is InChI=1S/C21H17N5O/c1-14-8-10-15(11-9-14)19-24-25-20-17-6-2-3-7-18(17)23-21(26(19)20)22-13-16-5-4-12-27-16/h2-12H,13H2,1H3,(H,22,23). The zero-order valence-electron chi connectivity index (χ0n) is 14.8. The molecule has 5 aromatic rings. The second-order valence-electron chi connectivity index (χ2n) is 6.43. The summed E-state index contributed by atoms with van der Waals surface area (Å²) in [5.74, 6) is 2.27. The van der Waals surface area contributed by atoms with E-state index in [9.17, 15) is 0 Å². The zero-order valence-corrected chi connectivity index (χ0v) is 14.8. The minimum absolute atomic E-state index is 0.527. The third kappa shape index (κ3) is 2.71. The summed E-state index contributed by atoms with van der Waals surface area (Å²) in [5, 5.41) is 13.3. The second kappa shape index (κ2) is 6.25. The van der Waals surface area contributed by atoms with Crippen molar-refractivity contribution in [2.24, 2.45) is 0 Å². The van der Waals surface area contributed by atoms with Crippen molar-refractivity contribution in [2.45, 2.75) is 13.5 Å². The van der Waals surface area contributed by atoms with Crippen molar-refractivity contribution >= 4 is 22.5 Å². The first-order valence-electron chi connectivity index (χ1n) is 8.77. The molecule has 0 atom stereocenters. The van der Waals surface area contributed by atoms with E-state index in [0.29, 0.717) is 12.5 Å². The maximum atomic E-state index is 5.43. The molecule has 0 radical (unpaired) electrons. The number of rotatable bonds is 4. The van der Waals surface area contributed by atoms with Crippen molar-refractivity contribution in [3.05, 3.63) is 78.3 Å². The van der Waals surface area contributed by atoms with E-state index in [2.05, 4.69) is 46.7 Å². The van der Waals surface area contributed by atoms with Gasteiger partial charge in [0.05, 0.1) is 18.3 Å². The van der Waals surface area contributed by atoms with Gasteiger partial charge in [-0.15, -0.1) is 10.2 Å². The summed E-state index contributed by atoms with van der Waals surface area (Å²) in [6.07, 6.45) is 1.66. The summed E-state index contributed by atoms with van der Waals surface area (Å²) >= 11 is 0. The lowest BCUT2D eigenvalue weighted by atomic mass is 10.1. The first-order valence-corrected chi connectivity index (χ1v) is 8.77. The monoisotopic (exact) mass is 355 g/mol. The molecule has 6 nitrogen and oxygen atoms in total. The van der Waals surface area contributed by atoms with Crippen molar-refractivity contribution < 1.29 is 4.42 Å². The molecular weight excluding hydrogens is 338 g/mol. The Morgan fingerprint density at radius 1 is 0.963 bits per heavy atom. The lowest BCUT2D eigenvalue weighted by Gasteiger charge is -2.11. The van der Waals surface area contributed by atoms with Crippen molar-refractivity contribution in [1.29, 1.82) is 0 Å². The number of fused-ring (bicyclic) bond motifs is 3. The largest absolute Gasteiger partial charge is 0.467 e. The number of nitrogens with zero attached hydrogens (tertiary/aromatic N) is 4. The fraction of sp³-hybridized carbons (Fsp3) is 0.0952. The number of hydrogen-bond acceptors (Lipinski definition) is 5. The van der Waals surface area contributed by atoms with E-state index in [-0.39, 0.29) is 0 Å². The molecule has 0 aliphatic rings. The number of aryl methyl sites for hydroxylation is 1. The van der Waals surface area contributed by atoms with Gasteiger partial charge in [0.25, 0.3) is 0 Å². The Kier molecular flexibility index (Phi) is 3.60. The Morgan fingerprint density at radius 3 is 2.63 bits per heavy atom. The Balaban J connectivity index is 1.71. The van der Waals surface area contributed by atoms with Gasteiger partial charge in [0.15, 0.2) is 11.5 Å². The third-order valence-electron chi connectivity index (χ3n) is 4.56. The minimum atomic E-state index is 0.527. The first kappa shape index (κ1) is 15.6. The van der Waals surface area contributed by atoms with Gasteiger partial charge in [-0.25, -0.2) is 9.38 Å². The predicted octanol–water partition coefficient (Wildman–Crippen LogP) is 4.46. The summed E-state index contributed by atoms with van der Waals surface area (Å²) in [5.41, 5.74) is 3.84. The van der Waals surface area contributed by atoms with Gasteiger partial charge in [-0.05, 0) is 31.2 Å². The van der Waals surface area contributed by atoms with Gasteiger partial charge in [-0.3, -0.25) is 0 Å². The Hall–Kier alpha value is -3.67. The molecule has 0 fully saturated rings. The molecule has 0 aliphatic carbocycles. The van der Waals surface area contributed by atoms with Gasteiger partial charge in [-0.2, -0.15) is 0 Å². The van der Waals surface area contributed by atoms with Crippen LogP contribution in [-0.2, 0) is 6.54 Å². The smallest absolute Gasteiger partial charge is 0.211 e. The van der Waals surface area contributed by atoms with E-state index < -0.39 is 0 Å². The van der Waals surface area contributed by atoms with Crippen LogP contribution in [0, 0.1) is 6.92 Å². The number of para-hydroxylation sites is 1. The van der Waals surface area contributed by atoms with Gasteiger partial charge in [0, 0.05) is 10.9 Å². The molecule has 3 aromatic heterocycles. The average Bonchev–Trinajstić information content (AvgIpc) is 3.37. The van der Waals surface area contributed by atoms with Crippen molar-refractivity contribution in [3.63, 3.8) is 0 Å². The predicted molar refractivity (Wildman–Crippen MR) is 104 cm³/mol. The van der Waals surface area contributed by atoms with Crippen molar-refractivity contribution in [1.82, 2.24) is 19.6 Å². The number of aromatic nitrogens is 4. The average molecular weight is 355 g/mol. The maximum Gasteiger partial charge on any atom is 0.211 e. The van der Waals surface area contributed by atoms with Gasteiger partial charge in [0.1, 0.15) is 5.76 Å². The molecule has 0 amide bonds. The van der Waals surface area contributed by atoms with Crippen LogP contribution in [0.15, 0.2) is 71.3 Å². The number of benzene rings is 2. The molecule has 0 saturated heterocycles. The quantitative estimate of drug-likeness (QED) is 0.515. The van der Waals surface area contributed by atoms with Crippen LogP contribution in [0.5, 0.6) is 0 Å². The van der Waals surface area contributed by atoms with Gasteiger partial charge >= 0.3 is 0 Å². The van der Waals surface area contributed by atoms with Crippen LogP contribution in [0.2, 0.25) is 0 Å². The van der Waals surface area contributed by atoms with Crippen LogP contribution >= 0.6 is 0 Å². The summed E-state index contributed by atoms with van der Waals surface area (Å²) < 4.78 is 7.40. The van der Waals surface area contributed by atoms with Gasteiger partial charge in [-0.1, -0.05) is 42.0 Å². The molecule has 2 aromatic carbocycles. The SMILES string of the molecule is Cc1ccc(-c2nnc3c4ccccc4nc(NCc4ccco4)n23)cc1. The zero-order chi connectivity index (χ0) is 18.2. The highest BCUT2D eigenvalue weighted by Crippen LogP contribution is 2.27. The molecule has 132 valence electrons. The fourth-order valence-corrected chi connectivity index (χ4v) is 3.17. The number of nitrogens with one attached hydrogen (secondary N) is 1. The fourth-order valence-electron chi connectivity index (χ4n) is 3.17. The van der Waals surface area contributed by atoms with E-state index in [0.717, 1.165) is 33.7 Å². The molecule has 6 heteroatoms. The summed E-state index contributed by atoms with van der Waals surface area (Å²) in [4.78, 5) is 4.81. The van der Waals surface area contributed by atoms with Crippen LogP contribution in [0.3, 0.4) is 0 Å². The second-order valence-corrected chi connectivity index (χ2v) is 6.43. The van der Waals surface area contributed by atoms with E-state index in [4.69, 9.17) is 9.40 Å². The van der Waals surface area contributed by atoms with Crippen LogP contribution < -0.4 is 5.32 Å². The number of hydrogen-bond donors (Lipinski definition) is 1. The minimum Gasteiger partial charge on any atom is -0.467 e. The van der Waals surface area contributed by atoms with Crippen LogP contribution in [0.4, 0.5) is 5.95 Å². The maximum absolute atomic E-state index is 5.43. The molecule has 1 N–H and O–H groups in total. The Morgan fingerprint density at radius 2 is 1.81 bits per heavy atom. The molecule has 0 spiro atoms. The molecule has 0 unspecified atom stereocenters. The number of anilines is 1. The lowest BCUT2D eigenvalue weighted by molar-refractivity contribution is 0.517. The molecule has 0 aliphatic heterocycles. The Labute approximate surface area is 155 Å². The van der Waals surface area contributed by atoms with Gasteiger partial charge in [0.2, 0.25) is 5.95 Å². The summed E-state index contributed by atoms with van der Waals surface area (Å²) in [7, 11) is 0. The molecule has 0 bridgehead atoms. The molecular formula is C21H17N5O. The van der Waals surface area contributed by atoms with Crippen molar-refractivity contribution in [3.8, 4) is 11.4 Å². The lowest BCUT2D eigenvalue weighted by Crippen LogP contribution is -2.07.